The lowest BCUT2D eigenvalue weighted by Crippen LogP contribution is -2.33. The average Bonchev–Trinajstić information content (AvgIpc) is 2.99. The van der Waals surface area contributed by atoms with Crippen molar-refractivity contribution >= 4 is 18.3 Å². The standard InChI is InChI=1S/C16H18N4O2.ClH/c21-16(15-11-9-17-7-5-13(11)19-20-15)18-12-6-8-22-14-4-2-1-3-10(12)14;/h1-4,12,17H,5-9H2,(H,18,21)(H,19,20);1H. The first-order chi connectivity index (χ1) is 10.8. The molecule has 3 heterocycles. The Morgan fingerprint density at radius 3 is 3.13 bits per heavy atom. The lowest BCUT2D eigenvalue weighted by Gasteiger charge is -2.26. The number of aromatic amines is 1. The Bertz CT molecular complexity index is 716. The third-order valence-electron chi connectivity index (χ3n) is 4.29. The molecule has 1 aromatic carbocycles. The first-order valence-corrected chi connectivity index (χ1v) is 7.62. The lowest BCUT2D eigenvalue weighted by molar-refractivity contribution is 0.0918. The van der Waals surface area contributed by atoms with Crippen LogP contribution in [0.4, 0.5) is 0 Å². The van der Waals surface area contributed by atoms with Gasteiger partial charge in [-0.3, -0.25) is 9.89 Å². The number of amides is 1. The van der Waals surface area contributed by atoms with E-state index >= 15 is 0 Å². The summed E-state index contributed by atoms with van der Waals surface area (Å²) in [6.07, 6.45) is 1.66. The van der Waals surface area contributed by atoms with Crippen molar-refractivity contribution in [2.45, 2.75) is 25.4 Å². The first kappa shape index (κ1) is 15.8. The van der Waals surface area contributed by atoms with Crippen molar-refractivity contribution < 1.29 is 9.53 Å². The number of ether oxygens (including phenoxy) is 1. The van der Waals surface area contributed by atoms with Crippen LogP contribution in [0.25, 0.3) is 0 Å². The Balaban J connectivity index is 0.00000156. The van der Waals surface area contributed by atoms with Crippen molar-refractivity contribution in [2.24, 2.45) is 0 Å². The Hall–Kier alpha value is -2.05. The van der Waals surface area contributed by atoms with Gasteiger partial charge in [-0.2, -0.15) is 5.10 Å². The molecule has 122 valence electrons. The molecule has 6 nitrogen and oxygen atoms in total. The van der Waals surface area contributed by atoms with Crippen LogP contribution < -0.4 is 15.4 Å². The summed E-state index contributed by atoms with van der Waals surface area (Å²) in [4.78, 5) is 12.6. The third kappa shape index (κ3) is 2.92. The van der Waals surface area contributed by atoms with Gasteiger partial charge in [-0.05, 0) is 6.07 Å². The molecule has 7 heteroatoms. The SMILES string of the molecule is Cl.O=C(NC1CCOc2ccccc21)c1n[nH]c2c1CNCC2. The molecule has 1 atom stereocenters. The van der Waals surface area contributed by atoms with Crippen LogP contribution in [-0.2, 0) is 13.0 Å². The molecule has 0 radical (unpaired) electrons. The second kappa shape index (κ2) is 6.60. The van der Waals surface area contributed by atoms with E-state index in [4.69, 9.17) is 4.74 Å². The van der Waals surface area contributed by atoms with Gasteiger partial charge in [0, 0.05) is 42.8 Å². The summed E-state index contributed by atoms with van der Waals surface area (Å²) in [6, 6.07) is 7.82. The number of hydrogen-bond donors (Lipinski definition) is 3. The minimum Gasteiger partial charge on any atom is -0.493 e. The van der Waals surface area contributed by atoms with Gasteiger partial charge in [0.1, 0.15) is 5.75 Å². The molecule has 2 aliphatic rings. The fourth-order valence-corrected chi connectivity index (χ4v) is 3.13. The Labute approximate surface area is 140 Å². The second-order valence-corrected chi connectivity index (χ2v) is 5.66. The predicted molar refractivity (Wildman–Crippen MR) is 88.0 cm³/mol. The molecule has 1 unspecified atom stereocenters. The molecule has 0 saturated heterocycles. The molecule has 23 heavy (non-hydrogen) atoms. The van der Waals surface area contributed by atoms with Crippen LogP contribution in [0.15, 0.2) is 24.3 Å². The first-order valence-electron chi connectivity index (χ1n) is 7.62. The van der Waals surface area contributed by atoms with Crippen LogP contribution in [0.5, 0.6) is 5.75 Å². The summed E-state index contributed by atoms with van der Waals surface area (Å²) in [5.74, 6) is 0.729. The molecule has 1 amide bonds. The molecule has 2 aromatic rings. The van der Waals surface area contributed by atoms with Crippen LogP contribution in [0, 0.1) is 0 Å². The predicted octanol–water partition coefficient (Wildman–Crippen LogP) is 1.73. The van der Waals surface area contributed by atoms with Crippen LogP contribution in [0.3, 0.4) is 0 Å². The molecule has 4 rings (SSSR count). The summed E-state index contributed by atoms with van der Waals surface area (Å²) in [6.45, 7) is 2.23. The fourth-order valence-electron chi connectivity index (χ4n) is 3.13. The maximum atomic E-state index is 12.6. The lowest BCUT2D eigenvalue weighted by atomic mass is 10.00. The van der Waals surface area contributed by atoms with Crippen molar-refractivity contribution in [2.75, 3.05) is 13.2 Å². The monoisotopic (exact) mass is 334 g/mol. The van der Waals surface area contributed by atoms with Gasteiger partial charge in [0.15, 0.2) is 5.69 Å². The summed E-state index contributed by atoms with van der Waals surface area (Å²) < 4.78 is 5.63. The van der Waals surface area contributed by atoms with Crippen molar-refractivity contribution in [3.05, 3.63) is 46.8 Å². The number of nitrogens with zero attached hydrogens (tertiary/aromatic N) is 1. The Kier molecular flexibility index (Phi) is 4.54. The molecule has 0 fully saturated rings. The molecule has 0 spiro atoms. The zero-order chi connectivity index (χ0) is 14.9. The highest BCUT2D eigenvalue weighted by molar-refractivity contribution is 5.94. The van der Waals surface area contributed by atoms with E-state index in [1.54, 1.807) is 0 Å². The molecule has 1 aromatic heterocycles. The third-order valence-corrected chi connectivity index (χ3v) is 4.29. The number of aromatic nitrogens is 2. The molecular formula is C16H19ClN4O2. The van der Waals surface area contributed by atoms with E-state index in [0.717, 1.165) is 42.0 Å². The van der Waals surface area contributed by atoms with Gasteiger partial charge >= 0.3 is 0 Å². The zero-order valence-electron chi connectivity index (χ0n) is 12.6. The van der Waals surface area contributed by atoms with E-state index in [-0.39, 0.29) is 24.4 Å². The number of hydrogen-bond acceptors (Lipinski definition) is 4. The van der Waals surface area contributed by atoms with E-state index in [1.165, 1.54) is 0 Å². The summed E-state index contributed by atoms with van der Waals surface area (Å²) in [5, 5.41) is 13.6. The number of halogens is 1. The van der Waals surface area contributed by atoms with Crippen molar-refractivity contribution in [3.8, 4) is 5.75 Å². The summed E-state index contributed by atoms with van der Waals surface area (Å²) in [5.41, 5.74) is 3.59. The van der Waals surface area contributed by atoms with Crippen molar-refractivity contribution in [1.82, 2.24) is 20.8 Å². The number of rotatable bonds is 2. The van der Waals surface area contributed by atoms with E-state index in [1.807, 2.05) is 24.3 Å². The molecule has 0 bridgehead atoms. The Morgan fingerprint density at radius 1 is 1.35 bits per heavy atom. The summed E-state index contributed by atoms with van der Waals surface area (Å²) in [7, 11) is 0. The van der Waals surface area contributed by atoms with Gasteiger partial charge in [-0.1, -0.05) is 18.2 Å². The maximum absolute atomic E-state index is 12.6. The number of fused-ring (bicyclic) bond motifs is 2. The highest BCUT2D eigenvalue weighted by Gasteiger charge is 2.26. The number of carbonyl (C=O) groups excluding carboxylic acids is 1. The normalized spacial score (nSPS) is 18.9. The van der Waals surface area contributed by atoms with Gasteiger partial charge in [0.2, 0.25) is 0 Å². The summed E-state index contributed by atoms with van der Waals surface area (Å²) >= 11 is 0. The van der Waals surface area contributed by atoms with E-state index in [0.29, 0.717) is 18.8 Å². The minimum absolute atomic E-state index is 0. The fraction of sp³-hybridized carbons (Fsp3) is 0.375. The zero-order valence-corrected chi connectivity index (χ0v) is 13.4. The van der Waals surface area contributed by atoms with Gasteiger partial charge in [-0.15, -0.1) is 12.4 Å². The van der Waals surface area contributed by atoms with Gasteiger partial charge < -0.3 is 15.4 Å². The van der Waals surface area contributed by atoms with Crippen LogP contribution in [-0.4, -0.2) is 29.3 Å². The van der Waals surface area contributed by atoms with Crippen LogP contribution in [0.2, 0.25) is 0 Å². The molecular weight excluding hydrogens is 316 g/mol. The number of H-pyrrole nitrogens is 1. The molecule has 3 N–H and O–H groups in total. The van der Waals surface area contributed by atoms with Gasteiger partial charge in [-0.25, -0.2) is 0 Å². The van der Waals surface area contributed by atoms with Crippen molar-refractivity contribution in [1.29, 1.82) is 0 Å². The quantitative estimate of drug-likeness (QED) is 0.781. The smallest absolute Gasteiger partial charge is 0.272 e. The number of para-hydroxylation sites is 1. The van der Waals surface area contributed by atoms with Gasteiger partial charge in [0.25, 0.3) is 5.91 Å². The van der Waals surface area contributed by atoms with Crippen molar-refractivity contribution in [3.63, 3.8) is 0 Å². The van der Waals surface area contributed by atoms with E-state index < -0.39 is 0 Å². The van der Waals surface area contributed by atoms with Crippen LogP contribution >= 0.6 is 12.4 Å². The minimum atomic E-state index is -0.122. The average molecular weight is 335 g/mol. The molecule has 0 saturated carbocycles. The molecule has 2 aliphatic heterocycles. The Morgan fingerprint density at radius 2 is 2.22 bits per heavy atom. The maximum Gasteiger partial charge on any atom is 0.272 e. The van der Waals surface area contributed by atoms with E-state index in [2.05, 4.69) is 20.8 Å². The molecule has 0 aliphatic carbocycles. The van der Waals surface area contributed by atoms with Gasteiger partial charge in [0.05, 0.1) is 12.6 Å². The number of nitrogens with one attached hydrogen (secondary N) is 3. The largest absolute Gasteiger partial charge is 0.493 e. The second-order valence-electron chi connectivity index (χ2n) is 5.66. The number of carbonyl (C=O) groups is 1. The van der Waals surface area contributed by atoms with E-state index in [9.17, 15) is 4.79 Å². The highest BCUT2D eigenvalue weighted by Crippen LogP contribution is 2.31. The highest BCUT2D eigenvalue weighted by atomic mass is 35.5. The van der Waals surface area contributed by atoms with Crippen LogP contribution in [0.1, 0.15) is 39.8 Å². The topological polar surface area (TPSA) is 79.0 Å². The number of benzene rings is 1.